The van der Waals surface area contributed by atoms with Crippen LogP contribution in [0.25, 0.3) is 0 Å². The highest BCUT2D eigenvalue weighted by molar-refractivity contribution is 5.99. The molecule has 0 unspecified atom stereocenters. The fourth-order valence-electron chi connectivity index (χ4n) is 2.69. The molecular formula is C12H13NO. The first-order valence-electron chi connectivity index (χ1n) is 5.18. The molecule has 2 aliphatic heterocycles. The number of para-hydroxylation sites is 1. The monoisotopic (exact) mass is 187 g/mol. The van der Waals surface area contributed by atoms with E-state index in [0.29, 0.717) is 11.9 Å². The first-order chi connectivity index (χ1) is 6.77. The Kier molecular flexibility index (Phi) is 1.49. The van der Waals surface area contributed by atoms with Crippen LogP contribution in [0.1, 0.15) is 18.9 Å². The van der Waals surface area contributed by atoms with E-state index < -0.39 is 0 Å². The molecular weight excluding hydrogens is 174 g/mol. The molecule has 0 bridgehead atoms. The molecule has 1 amide bonds. The van der Waals surface area contributed by atoms with Crippen molar-refractivity contribution in [1.29, 1.82) is 0 Å². The summed E-state index contributed by atoms with van der Waals surface area (Å²) in [6, 6.07) is 8.69. The lowest BCUT2D eigenvalue weighted by Crippen LogP contribution is -2.29. The molecule has 2 nitrogen and oxygen atoms in total. The molecule has 0 spiro atoms. The van der Waals surface area contributed by atoms with Crippen molar-refractivity contribution in [3.8, 4) is 0 Å². The molecule has 0 radical (unpaired) electrons. The third-order valence-corrected chi connectivity index (χ3v) is 3.36. The van der Waals surface area contributed by atoms with Crippen LogP contribution in [-0.2, 0) is 11.2 Å². The van der Waals surface area contributed by atoms with E-state index in [1.807, 2.05) is 17.9 Å². The number of anilines is 1. The second-order valence-corrected chi connectivity index (χ2v) is 4.33. The van der Waals surface area contributed by atoms with Crippen LogP contribution in [0.4, 0.5) is 5.69 Å². The lowest BCUT2D eigenvalue weighted by atomic mass is 10.0. The summed E-state index contributed by atoms with van der Waals surface area (Å²) in [7, 11) is 0. The number of nitrogens with zero attached hydrogens (tertiary/aromatic N) is 1. The highest BCUT2D eigenvalue weighted by Gasteiger charge is 2.42. The van der Waals surface area contributed by atoms with Crippen molar-refractivity contribution in [1.82, 2.24) is 0 Å². The molecule has 14 heavy (non-hydrogen) atoms. The summed E-state index contributed by atoms with van der Waals surface area (Å²) in [5.74, 6) is 0.522. The minimum absolute atomic E-state index is 0.216. The molecule has 1 aromatic rings. The number of carbonyl (C=O) groups excluding carboxylic acids is 1. The van der Waals surface area contributed by atoms with Gasteiger partial charge in [0.2, 0.25) is 5.91 Å². The summed E-state index contributed by atoms with van der Waals surface area (Å²) >= 11 is 0. The normalized spacial score (nSPS) is 29.2. The summed E-state index contributed by atoms with van der Waals surface area (Å²) in [6.07, 6.45) is 2.07. The van der Waals surface area contributed by atoms with E-state index in [2.05, 4.69) is 18.2 Å². The number of carbonyl (C=O) groups is 1. The van der Waals surface area contributed by atoms with Crippen molar-refractivity contribution in [3.63, 3.8) is 0 Å². The zero-order valence-electron chi connectivity index (χ0n) is 8.23. The fraction of sp³-hybridized carbons (Fsp3) is 0.417. The second-order valence-electron chi connectivity index (χ2n) is 4.33. The van der Waals surface area contributed by atoms with Gasteiger partial charge in [0.25, 0.3) is 0 Å². The van der Waals surface area contributed by atoms with Gasteiger partial charge in [0.1, 0.15) is 0 Å². The van der Waals surface area contributed by atoms with Gasteiger partial charge in [0.15, 0.2) is 0 Å². The minimum Gasteiger partial charge on any atom is -0.309 e. The van der Waals surface area contributed by atoms with Crippen molar-refractivity contribution in [2.24, 2.45) is 5.92 Å². The van der Waals surface area contributed by atoms with E-state index in [0.717, 1.165) is 18.5 Å². The summed E-state index contributed by atoms with van der Waals surface area (Å²) < 4.78 is 0. The van der Waals surface area contributed by atoms with Crippen LogP contribution in [-0.4, -0.2) is 11.9 Å². The van der Waals surface area contributed by atoms with Gasteiger partial charge in [-0.1, -0.05) is 25.1 Å². The topological polar surface area (TPSA) is 20.3 Å². The van der Waals surface area contributed by atoms with E-state index in [1.54, 1.807) is 0 Å². The lowest BCUT2D eigenvalue weighted by Gasteiger charge is -2.16. The molecule has 1 aromatic carbocycles. The van der Waals surface area contributed by atoms with Crippen molar-refractivity contribution in [2.45, 2.75) is 25.8 Å². The standard InChI is InChI=1S/C12H13NO/c1-8-6-10-7-9-4-2-3-5-11(9)13(10)12(8)14/h2-5,8,10H,6-7H2,1H3/t8-,10-/m1/s1. The van der Waals surface area contributed by atoms with Gasteiger partial charge < -0.3 is 4.90 Å². The van der Waals surface area contributed by atoms with Gasteiger partial charge >= 0.3 is 0 Å². The van der Waals surface area contributed by atoms with Crippen molar-refractivity contribution < 1.29 is 4.79 Å². The Balaban J connectivity index is 2.09. The SMILES string of the molecule is C[C@@H]1C[C@@H]2Cc3ccccc3N2C1=O. The molecule has 1 saturated heterocycles. The molecule has 2 atom stereocenters. The van der Waals surface area contributed by atoms with Crippen molar-refractivity contribution in [2.75, 3.05) is 4.90 Å². The first kappa shape index (κ1) is 8.04. The van der Waals surface area contributed by atoms with Gasteiger partial charge in [-0.2, -0.15) is 0 Å². The average Bonchev–Trinajstić information content (AvgIpc) is 2.65. The smallest absolute Gasteiger partial charge is 0.230 e. The number of rotatable bonds is 0. The molecule has 2 aliphatic rings. The first-order valence-corrected chi connectivity index (χ1v) is 5.18. The maximum absolute atomic E-state index is 11.9. The molecule has 0 saturated carbocycles. The number of benzene rings is 1. The molecule has 0 aliphatic carbocycles. The molecule has 3 rings (SSSR count). The van der Waals surface area contributed by atoms with Crippen LogP contribution >= 0.6 is 0 Å². The maximum atomic E-state index is 11.9. The van der Waals surface area contributed by atoms with Gasteiger partial charge in [0.05, 0.1) is 0 Å². The van der Waals surface area contributed by atoms with Gasteiger partial charge in [-0.25, -0.2) is 0 Å². The minimum atomic E-state index is 0.216. The second kappa shape index (κ2) is 2.59. The average molecular weight is 187 g/mol. The largest absolute Gasteiger partial charge is 0.309 e. The predicted molar refractivity (Wildman–Crippen MR) is 55.2 cm³/mol. The number of amides is 1. The number of hydrogen-bond acceptors (Lipinski definition) is 1. The fourth-order valence-corrected chi connectivity index (χ4v) is 2.69. The van der Waals surface area contributed by atoms with Gasteiger partial charge in [-0.15, -0.1) is 0 Å². The predicted octanol–water partition coefficient (Wildman–Crippen LogP) is 1.98. The lowest BCUT2D eigenvalue weighted by molar-refractivity contribution is -0.119. The molecule has 72 valence electrons. The van der Waals surface area contributed by atoms with Crippen LogP contribution in [0.3, 0.4) is 0 Å². The molecule has 2 heteroatoms. The summed E-state index contributed by atoms with van der Waals surface area (Å²) in [5, 5.41) is 0. The molecule has 2 heterocycles. The van der Waals surface area contributed by atoms with E-state index >= 15 is 0 Å². The Hall–Kier alpha value is -1.31. The zero-order valence-corrected chi connectivity index (χ0v) is 8.23. The van der Waals surface area contributed by atoms with Gasteiger partial charge in [0, 0.05) is 17.6 Å². The van der Waals surface area contributed by atoms with Crippen LogP contribution in [0.15, 0.2) is 24.3 Å². The van der Waals surface area contributed by atoms with Crippen LogP contribution in [0.5, 0.6) is 0 Å². The quantitative estimate of drug-likeness (QED) is 0.608. The zero-order chi connectivity index (χ0) is 9.71. The van der Waals surface area contributed by atoms with Gasteiger partial charge in [-0.05, 0) is 24.5 Å². The summed E-state index contributed by atoms with van der Waals surface area (Å²) in [4.78, 5) is 13.9. The van der Waals surface area contributed by atoms with E-state index in [-0.39, 0.29) is 5.92 Å². The Morgan fingerprint density at radius 2 is 2.14 bits per heavy atom. The number of hydrogen-bond donors (Lipinski definition) is 0. The van der Waals surface area contributed by atoms with Crippen LogP contribution < -0.4 is 4.90 Å². The Bertz CT molecular complexity index is 399. The summed E-state index contributed by atoms with van der Waals surface area (Å²) in [6.45, 7) is 2.03. The van der Waals surface area contributed by atoms with Gasteiger partial charge in [-0.3, -0.25) is 4.79 Å². The van der Waals surface area contributed by atoms with Crippen LogP contribution in [0.2, 0.25) is 0 Å². The third-order valence-electron chi connectivity index (χ3n) is 3.36. The molecule has 0 N–H and O–H groups in total. The molecule has 0 aromatic heterocycles. The highest BCUT2D eigenvalue weighted by atomic mass is 16.2. The Morgan fingerprint density at radius 1 is 1.36 bits per heavy atom. The van der Waals surface area contributed by atoms with Crippen LogP contribution in [0, 0.1) is 5.92 Å². The van der Waals surface area contributed by atoms with E-state index in [1.165, 1.54) is 5.56 Å². The highest BCUT2D eigenvalue weighted by Crippen LogP contribution is 2.40. The van der Waals surface area contributed by atoms with E-state index in [9.17, 15) is 4.79 Å². The number of fused-ring (bicyclic) bond motifs is 3. The Morgan fingerprint density at radius 3 is 3.00 bits per heavy atom. The maximum Gasteiger partial charge on any atom is 0.230 e. The van der Waals surface area contributed by atoms with Crippen molar-refractivity contribution >= 4 is 11.6 Å². The Labute approximate surface area is 83.5 Å². The summed E-state index contributed by atoms with van der Waals surface area (Å²) in [5.41, 5.74) is 2.48. The third kappa shape index (κ3) is 0.884. The molecule has 1 fully saturated rings. The van der Waals surface area contributed by atoms with Crippen molar-refractivity contribution in [3.05, 3.63) is 29.8 Å². The van der Waals surface area contributed by atoms with E-state index in [4.69, 9.17) is 0 Å².